The van der Waals surface area contributed by atoms with E-state index < -0.39 is 0 Å². The summed E-state index contributed by atoms with van der Waals surface area (Å²) in [6.07, 6.45) is 2.63. The molecule has 0 atom stereocenters. The summed E-state index contributed by atoms with van der Waals surface area (Å²) in [7, 11) is 3.11. The van der Waals surface area contributed by atoms with Gasteiger partial charge in [-0.3, -0.25) is 14.0 Å². The Morgan fingerprint density at radius 1 is 1.30 bits per heavy atom. The standard InChI is InChI=1S/C18H17BrN2O5S/c1-4-26-16(23)5-10-8-21-13(9-22)17(20-18(21)27-10)11-6-12(19)15(25-3)7-14(11)24-2/h6-9H,4-5H2,1-3H3. The lowest BCUT2D eigenvalue weighted by Gasteiger charge is -2.11. The Kier molecular flexibility index (Phi) is 5.81. The molecule has 0 N–H and O–H groups in total. The van der Waals surface area contributed by atoms with Gasteiger partial charge in [0.15, 0.2) is 11.2 Å². The van der Waals surface area contributed by atoms with Crippen molar-refractivity contribution in [3.05, 3.63) is 33.4 Å². The van der Waals surface area contributed by atoms with Gasteiger partial charge in [-0.25, -0.2) is 4.98 Å². The van der Waals surface area contributed by atoms with Gasteiger partial charge in [-0.15, -0.1) is 11.3 Å². The minimum atomic E-state index is -0.310. The zero-order valence-corrected chi connectivity index (χ0v) is 17.3. The maximum absolute atomic E-state index is 11.8. The van der Waals surface area contributed by atoms with Crippen LogP contribution in [0, 0.1) is 0 Å². The molecule has 7 nitrogen and oxygen atoms in total. The maximum Gasteiger partial charge on any atom is 0.311 e. The van der Waals surface area contributed by atoms with Gasteiger partial charge >= 0.3 is 5.97 Å². The van der Waals surface area contributed by atoms with E-state index in [1.807, 2.05) is 0 Å². The van der Waals surface area contributed by atoms with E-state index in [0.29, 0.717) is 40.0 Å². The van der Waals surface area contributed by atoms with Crippen LogP contribution in [-0.2, 0) is 16.0 Å². The lowest BCUT2D eigenvalue weighted by atomic mass is 10.1. The fourth-order valence-corrected chi connectivity index (χ4v) is 4.17. The third kappa shape index (κ3) is 3.70. The van der Waals surface area contributed by atoms with Crippen LogP contribution in [0.25, 0.3) is 16.2 Å². The summed E-state index contributed by atoms with van der Waals surface area (Å²) in [6.45, 7) is 2.09. The molecule has 0 spiro atoms. The number of aldehydes is 1. The number of thiazole rings is 1. The largest absolute Gasteiger partial charge is 0.496 e. The van der Waals surface area contributed by atoms with E-state index in [9.17, 15) is 9.59 Å². The Morgan fingerprint density at radius 3 is 2.67 bits per heavy atom. The summed E-state index contributed by atoms with van der Waals surface area (Å²) in [5.74, 6) is 0.840. The van der Waals surface area contributed by atoms with Crippen molar-refractivity contribution in [2.24, 2.45) is 0 Å². The molecule has 27 heavy (non-hydrogen) atoms. The van der Waals surface area contributed by atoms with E-state index in [4.69, 9.17) is 14.2 Å². The van der Waals surface area contributed by atoms with Gasteiger partial charge in [-0.1, -0.05) is 0 Å². The second kappa shape index (κ2) is 8.10. The van der Waals surface area contributed by atoms with Crippen LogP contribution >= 0.6 is 27.3 Å². The van der Waals surface area contributed by atoms with Crippen LogP contribution in [0.3, 0.4) is 0 Å². The first-order valence-electron chi connectivity index (χ1n) is 8.05. The maximum atomic E-state index is 11.8. The number of benzene rings is 1. The highest BCUT2D eigenvalue weighted by Gasteiger charge is 2.21. The number of carbonyl (C=O) groups is 2. The summed E-state index contributed by atoms with van der Waals surface area (Å²) in [5, 5.41) is 0. The highest BCUT2D eigenvalue weighted by molar-refractivity contribution is 9.10. The van der Waals surface area contributed by atoms with Gasteiger partial charge in [-0.2, -0.15) is 0 Å². The van der Waals surface area contributed by atoms with Crippen molar-refractivity contribution in [3.8, 4) is 22.8 Å². The van der Waals surface area contributed by atoms with Crippen molar-refractivity contribution in [3.63, 3.8) is 0 Å². The van der Waals surface area contributed by atoms with Gasteiger partial charge in [0.05, 0.1) is 31.7 Å². The molecule has 2 heterocycles. The van der Waals surface area contributed by atoms with Crippen molar-refractivity contribution >= 4 is 44.5 Å². The van der Waals surface area contributed by atoms with Gasteiger partial charge in [0.2, 0.25) is 0 Å². The average molecular weight is 453 g/mol. The van der Waals surface area contributed by atoms with E-state index in [2.05, 4.69) is 20.9 Å². The van der Waals surface area contributed by atoms with Gasteiger partial charge in [0.25, 0.3) is 0 Å². The molecular formula is C18H17BrN2O5S. The molecule has 0 aliphatic heterocycles. The quantitative estimate of drug-likeness (QED) is 0.401. The predicted octanol–water partition coefficient (Wildman–Crippen LogP) is 3.76. The Balaban J connectivity index is 2.08. The Labute approximate surface area is 168 Å². The molecule has 3 rings (SSSR count). The summed E-state index contributed by atoms with van der Waals surface area (Å²) < 4.78 is 18.1. The van der Waals surface area contributed by atoms with Crippen LogP contribution in [-0.4, -0.2) is 42.5 Å². The zero-order valence-electron chi connectivity index (χ0n) is 14.9. The average Bonchev–Trinajstić information content (AvgIpc) is 3.18. The van der Waals surface area contributed by atoms with E-state index >= 15 is 0 Å². The number of esters is 1. The Morgan fingerprint density at radius 2 is 2.04 bits per heavy atom. The fourth-order valence-electron chi connectivity index (χ4n) is 2.70. The topological polar surface area (TPSA) is 79.1 Å². The molecule has 0 bridgehead atoms. The molecule has 1 aromatic carbocycles. The number of halogens is 1. The normalized spacial score (nSPS) is 10.8. The van der Waals surface area contributed by atoms with E-state index in [1.165, 1.54) is 11.3 Å². The van der Waals surface area contributed by atoms with Crippen LogP contribution in [0.1, 0.15) is 22.3 Å². The minimum absolute atomic E-state index is 0.146. The van der Waals surface area contributed by atoms with E-state index in [0.717, 1.165) is 15.6 Å². The molecule has 142 valence electrons. The first-order valence-corrected chi connectivity index (χ1v) is 9.66. The second-order valence-corrected chi connectivity index (χ2v) is 7.43. The molecule has 9 heteroatoms. The van der Waals surface area contributed by atoms with Crippen molar-refractivity contribution < 1.29 is 23.8 Å². The lowest BCUT2D eigenvalue weighted by Crippen LogP contribution is -2.06. The summed E-state index contributed by atoms with van der Waals surface area (Å²) in [5.41, 5.74) is 1.54. The number of carbonyl (C=O) groups excluding carboxylic acids is 2. The monoisotopic (exact) mass is 452 g/mol. The number of hydrogen-bond donors (Lipinski definition) is 0. The molecule has 3 aromatic rings. The van der Waals surface area contributed by atoms with Crippen LogP contribution < -0.4 is 9.47 Å². The smallest absolute Gasteiger partial charge is 0.311 e. The number of rotatable bonds is 7. The Bertz CT molecular complexity index is 1010. The van der Waals surface area contributed by atoms with Crippen molar-refractivity contribution in [2.45, 2.75) is 13.3 Å². The number of aromatic nitrogens is 2. The predicted molar refractivity (Wildman–Crippen MR) is 105 cm³/mol. The Hall–Kier alpha value is -2.39. The number of nitrogens with zero attached hydrogens (tertiary/aromatic N) is 2. The lowest BCUT2D eigenvalue weighted by molar-refractivity contribution is -0.142. The molecule has 0 amide bonds. The second-order valence-electron chi connectivity index (χ2n) is 5.48. The molecule has 0 saturated carbocycles. The van der Waals surface area contributed by atoms with Gasteiger partial charge in [0.1, 0.15) is 22.9 Å². The van der Waals surface area contributed by atoms with Crippen molar-refractivity contribution in [2.75, 3.05) is 20.8 Å². The number of ether oxygens (including phenoxy) is 3. The van der Waals surface area contributed by atoms with Gasteiger partial charge in [-0.05, 0) is 28.9 Å². The number of methoxy groups -OCH3 is 2. The SMILES string of the molecule is CCOC(=O)Cc1cn2c(C=O)c(-c3cc(Br)c(OC)cc3OC)nc2s1. The first-order chi connectivity index (χ1) is 13.0. The van der Waals surface area contributed by atoms with E-state index in [1.54, 1.807) is 43.9 Å². The van der Waals surface area contributed by atoms with Gasteiger partial charge < -0.3 is 14.2 Å². The van der Waals surface area contributed by atoms with Gasteiger partial charge in [0, 0.05) is 22.7 Å². The minimum Gasteiger partial charge on any atom is -0.496 e. The first kappa shape index (κ1) is 19.4. The number of imidazole rings is 1. The third-order valence-corrected chi connectivity index (χ3v) is 5.48. The number of fused-ring (bicyclic) bond motifs is 1. The number of hydrogen-bond acceptors (Lipinski definition) is 7. The third-order valence-electron chi connectivity index (χ3n) is 3.88. The molecule has 0 radical (unpaired) electrons. The van der Waals surface area contributed by atoms with Crippen molar-refractivity contribution in [1.82, 2.24) is 9.38 Å². The summed E-state index contributed by atoms with van der Waals surface area (Å²) in [6, 6.07) is 3.53. The molecule has 0 aliphatic carbocycles. The zero-order chi connectivity index (χ0) is 19.6. The molecule has 0 aliphatic rings. The van der Waals surface area contributed by atoms with Crippen LogP contribution in [0.5, 0.6) is 11.5 Å². The van der Waals surface area contributed by atoms with Crippen LogP contribution in [0.4, 0.5) is 0 Å². The van der Waals surface area contributed by atoms with Crippen LogP contribution in [0.15, 0.2) is 22.8 Å². The highest BCUT2D eigenvalue weighted by Crippen LogP contribution is 2.40. The molecular weight excluding hydrogens is 436 g/mol. The fraction of sp³-hybridized carbons (Fsp3) is 0.278. The van der Waals surface area contributed by atoms with Crippen LogP contribution in [0.2, 0.25) is 0 Å². The summed E-state index contributed by atoms with van der Waals surface area (Å²) >= 11 is 4.79. The summed E-state index contributed by atoms with van der Waals surface area (Å²) in [4.78, 5) is 29.5. The molecule has 0 fully saturated rings. The van der Waals surface area contributed by atoms with E-state index in [-0.39, 0.29) is 12.4 Å². The molecule has 0 unspecified atom stereocenters. The van der Waals surface area contributed by atoms with Crippen molar-refractivity contribution in [1.29, 1.82) is 0 Å². The molecule has 0 saturated heterocycles. The molecule has 2 aromatic heterocycles. The highest BCUT2D eigenvalue weighted by atomic mass is 79.9.